The van der Waals surface area contributed by atoms with Gasteiger partial charge in [0.05, 0.1) is 23.1 Å². The zero-order valence-electron chi connectivity index (χ0n) is 9.46. The molecule has 2 N–H and O–H groups in total. The number of hydrogen-bond donors (Lipinski definition) is 1. The largest absolute Gasteiger partial charge is 0.397 e. The van der Waals surface area contributed by atoms with Crippen molar-refractivity contribution in [1.29, 1.82) is 0 Å². The van der Waals surface area contributed by atoms with Crippen molar-refractivity contribution in [2.24, 2.45) is 0 Å². The van der Waals surface area contributed by atoms with Crippen LogP contribution in [0.4, 0.5) is 5.69 Å². The van der Waals surface area contributed by atoms with E-state index in [0.717, 1.165) is 22.2 Å². The first-order valence-electron chi connectivity index (χ1n) is 5.40. The minimum atomic E-state index is 0.688. The van der Waals surface area contributed by atoms with Gasteiger partial charge in [0.1, 0.15) is 0 Å². The zero-order chi connectivity index (χ0) is 11.8. The smallest absolute Gasteiger partial charge is 0.0952 e. The molecule has 2 heterocycles. The van der Waals surface area contributed by atoms with Crippen LogP contribution >= 0.6 is 0 Å². The fourth-order valence-corrected chi connectivity index (χ4v) is 1.93. The fourth-order valence-electron chi connectivity index (χ4n) is 1.93. The summed E-state index contributed by atoms with van der Waals surface area (Å²) in [6.45, 7) is 2.02. The van der Waals surface area contributed by atoms with E-state index >= 15 is 0 Å². The summed E-state index contributed by atoms with van der Waals surface area (Å²) in [4.78, 5) is 4.31. The van der Waals surface area contributed by atoms with Gasteiger partial charge in [-0.05, 0) is 24.6 Å². The van der Waals surface area contributed by atoms with Crippen molar-refractivity contribution in [3.63, 3.8) is 0 Å². The average molecular weight is 224 g/mol. The summed E-state index contributed by atoms with van der Waals surface area (Å²) in [5, 5.41) is 5.32. The van der Waals surface area contributed by atoms with E-state index < -0.39 is 0 Å². The lowest BCUT2D eigenvalue weighted by Crippen LogP contribution is -1.98. The lowest BCUT2D eigenvalue weighted by molar-refractivity contribution is 0.886. The van der Waals surface area contributed by atoms with E-state index in [0.29, 0.717) is 5.69 Å². The van der Waals surface area contributed by atoms with Crippen LogP contribution in [0.1, 0.15) is 5.56 Å². The Morgan fingerprint density at radius 3 is 2.88 bits per heavy atom. The highest BCUT2D eigenvalue weighted by molar-refractivity contribution is 5.94. The van der Waals surface area contributed by atoms with Gasteiger partial charge in [0.2, 0.25) is 0 Å². The summed E-state index contributed by atoms with van der Waals surface area (Å²) >= 11 is 0. The highest BCUT2D eigenvalue weighted by Crippen LogP contribution is 2.24. The first kappa shape index (κ1) is 9.84. The van der Waals surface area contributed by atoms with Crippen molar-refractivity contribution in [2.75, 3.05) is 5.73 Å². The Morgan fingerprint density at radius 2 is 2.12 bits per heavy atom. The van der Waals surface area contributed by atoms with Crippen molar-refractivity contribution < 1.29 is 0 Å². The number of aryl methyl sites for hydroxylation is 1. The minimum Gasteiger partial charge on any atom is -0.397 e. The Bertz CT molecular complexity index is 685. The number of fused-ring (bicyclic) bond motifs is 1. The average Bonchev–Trinajstić information content (AvgIpc) is 2.76. The third-order valence-corrected chi connectivity index (χ3v) is 2.74. The van der Waals surface area contributed by atoms with E-state index in [1.165, 1.54) is 0 Å². The van der Waals surface area contributed by atoms with Crippen LogP contribution < -0.4 is 5.73 Å². The molecule has 0 bridgehead atoms. The number of anilines is 1. The van der Waals surface area contributed by atoms with Gasteiger partial charge in [0.15, 0.2) is 0 Å². The molecule has 2 aromatic heterocycles. The second-order valence-corrected chi connectivity index (χ2v) is 4.04. The molecule has 3 aromatic rings. The van der Waals surface area contributed by atoms with E-state index in [9.17, 15) is 0 Å². The van der Waals surface area contributed by atoms with Crippen LogP contribution in [0.3, 0.4) is 0 Å². The topological polar surface area (TPSA) is 56.7 Å². The molecule has 84 valence electrons. The van der Waals surface area contributed by atoms with E-state index in [1.54, 1.807) is 6.20 Å². The number of hydrogen-bond acceptors (Lipinski definition) is 3. The molecule has 0 fully saturated rings. The molecule has 0 amide bonds. The van der Waals surface area contributed by atoms with Crippen LogP contribution in [-0.4, -0.2) is 14.8 Å². The molecule has 3 rings (SSSR count). The second kappa shape index (κ2) is 3.59. The number of nitrogens with two attached hydrogens (primary N) is 1. The Labute approximate surface area is 98.7 Å². The van der Waals surface area contributed by atoms with Crippen molar-refractivity contribution in [2.45, 2.75) is 6.92 Å². The monoisotopic (exact) mass is 224 g/mol. The van der Waals surface area contributed by atoms with Crippen molar-refractivity contribution >= 4 is 16.6 Å². The number of benzene rings is 1. The van der Waals surface area contributed by atoms with Gasteiger partial charge >= 0.3 is 0 Å². The molecule has 0 saturated carbocycles. The normalized spacial score (nSPS) is 10.9. The molecule has 0 spiro atoms. The molecule has 4 heteroatoms. The van der Waals surface area contributed by atoms with Gasteiger partial charge in [0, 0.05) is 17.8 Å². The lowest BCUT2D eigenvalue weighted by atomic mass is 10.1. The molecule has 0 radical (unpaired) electrons. The lowest BCUT2D eigenvalue weighted by Gasteiger charge is -2.07. The Hall–Kier alpha value is -2.36. The van der Waals surface area contributed by atoms with E-state index in [4.69, 9.17) is 5.73 Å². The van der Waals surface area contributed by atoms with Crippen LogP contribution in [0.25, 0.3) is 16.6 Å². The Kier molecular flexibility index (Phi) is 2.08. The van der Waals surface area contributed by atoms with Crippen LogP contribution in [0.5, 0.6) is 0 Å². The minimum absolute atomic E-state index is 0.688. The molecule has 0 aliphatic carbocycles. The number of para-hydroxylation sites is 1. The predicted molar refractivity (Wildman–Crippen MR) is 68.0 cm³/mol. The van der Waals surface area contributed by atoms with Gasteiger partial charge in [-0.25, -0.2) is 4.68 Å². The van der Waals surface area contributed by atoms with Crippen LogP contribution in [0.2, 0.25) is 0 Å². The van der Waals surface area contributed by atoms with Crippen molar-refractivity contribution in [3.05, 3.63) is 48.4 Å². The summed E-state index contributed by atoms with van der Waals surface area (Å²) in [6.07, 6.45) is 5.57. The van der Waals surface area contributed by atoms with Crippen LogP contribution in [0.15, 0.2) is 42.9 Å². The number of rotatable bonds is 1. The molecular formula is C13H12N4. The highest BCUT2D eigenvalue weighted by Gasteiger charge is 2.06. The number of nitrogens with zero attached hydrogens (tertiary/aromatic N) is 3. The Balaban J connectivity index is 2.34. The number of pyridine rings is 1. The first-order valence-corrected chi connectivity index (χ1v) is 5.40. The SMILES string of the molecule is Cc1cnn(-c2ccnc3c(N)cccc23)c1. The van der Waals surface area contributed by atoms with Crippen molar-refractivity contribution in [3.8, 4) is 5.69 Å². The standard InChI is InChI=1S/C13H12N4/c1-9-7-16-17(8-9)12-5-6-15-13-10(12)3-2-4-11(13)14/h2-8H,14H2,1H3. The summed E-state index contributed by atoms with van der Waals surface area (Å²) in [5.41, 5.74) is 9.54. The molecule has 0 aliphatic heterocycles. The van der Waals surface area contributed by atoms with E-state index in [-0.39, 0.29) is 0 Å². The number of nitrogen functional groups attached to an aromatic ring is 1. The van der Waals surface area contributed by atoms with E-state index in [2.05, 4.69) is 10.1 Å². The molecule has 0 atom stereocenters. The molecular weight excluding hydrogens is 212 g/mol. The maximum Gasteiger partial charge on any atom is 0.0952 e. The molecule has 0 saturated heterocycles. The second-order valence-electron chi connectivity index (χ2n) is 4.04. The quantitative estimate of drug-likeness (QED) is 0.645. The van der Waals surface area contributed by atoms with Gasteiger partial charge in [-0.15, -0.1) is 0 Å². The molecule has 0 unspecified atom stereocenters. The molecule has 4 nitrogen and oxygen atoms in total. The van der Waals surface area contributed by atoms with Crippen molar-refractivity contribution in [1.82, 2.24) is 14.8 Å². The van der Waals surface area contributed by atoms with Gasteiger partial charge in [-0.1, -0.05) is 12.1 Å². The summed E-state index contributed by atoms with van der Waals surface area (Å²) in [7, 11) is 0. The molecule has 1 aromatic carbocycles. The van der Waals surface area contributed by atoms with Crippen LogP contribution in [0, 0.1) is 6.92 Å². The van der Waals surface area contributed by atoms with Crippen LogP contribution in [-0.2, 0) is 0 Å². The van der Waals surface area contributed by atoms with Gasteiger partial charge < -0.3 is 5.73 Å². The maximum atomic E-state index is 5.92. The zero-order valence-corrected chi connectivity index (χ0v) is 9.46. The number of aromatic nitrogens is 3. The molecule has 17 heavy (non-hydrogen) atoms. The first-order chi connectivity index (χ1) is 8.25. The highest BCUT2D eigenvalue weighted by atomic mass is 15.3. The summed E-state index contributed by atoms with van der Waals surface area (Å²) in [6, 6.07) is 7.73. The Morgan fingerprint density at radius 1 is 1.24 bits per heavy atom. The molecule has 0 aliphatic rings. The predicted octanol–water partition coefficient (Wildman–Crippen LogP) is 2.31. The van der Waals surface area contributed by atoms with Gasteiger partial charge in [-0.3, -0.25) is 4.98 Å². The third kappa shape index (κ3) is 1.54. The van der Waals surface area contributed by atoms with E-state index in [1.807, 2.05) is 48.3 Å². The summed E-state index contributed by atoms with van der Waals surface area (Å²) in [5.74, 6) is 0. The fraction of sp³-hybridized carbons (Fsp3) is 0.0769. The third-order valence-electron chi connectivity index (χ3n) is 2.74. The van der Waals surface area contributed by atoms with Gasteiger partial charge in [-0.2, -0.15) is 5.10 Å². The van der Waals surface area contributed by atoms with Gasteiger partial charge in [0.25, 0.3) is 0 Å². The summed E-state index contributed by atoms with van der Waals surface area (Å²) < 4.78 is 1.85. The maximum absolute atomic E-state index is 5.92.